The van der Waals surface area contributed by atoms with Gasteiger partial charge in [-0.3, -0.25) is 0 Å². The summed E-state index contributed by atoms with van der Waals surface area (Å²) in [6, 6.07) is 1.83. The highest BCUT2D eigenvalue weighted by atomic mass is 15.4. The molecular weight excluding hydrogens is 242 g/mol. The molecule has 19 heavy (non-hydrogen) atoms. The van der Waals surface area contributed by atoms with E-state index in [4.69, 9.17) is 0 Å². The van der Waals surface area contributed by atoms with Crippen LogP contribution >= 0.6 is 0 Å². The number of nitrogens with zero attached hydrogens (tertiary/aromatic N) is 6. The largest absolute Gasteiger partial charge is 0.357 e. The van der Waals surface area contributed by atoms with E-state index in [1.807, 2.05) is 18.0 Å². The van der Waals surface area contributed by atoms with E-state index in [1.54, 1.807) is 24.1 Å². The fourth-order valence-electron chi connectivity index (χ4n) is 1.76. The highest BCUT2D eigenvalue weighted by Crippen LogP contribution is 2.12. The topological polar surface area (TPSA) is 71.8 Å². The summed E-state index contributed by atoms with van der Waals surface area (Å²) in [5.74, 6) is 2.22. The van der Waals surface area contributed by atoms with Crippen LogP contribution < -0.4 is 10.2 Å². The highest BCUT2D eigenvalue weighted by Gasteiger charge is 2.12. The molecule has 2 rings (SSSR count). The van der Waals surface area contributed by atoms with Crippen LogP contribution in [0.1, 0.15) is 13.8 Å². The smallest absolute Gasteiger partial charge is 0.257 e. The standard InChI is InChI=1S/C12H19N7/c1-9(2)8-18(4)11-15-10(13-3)16-12(17-11)19-7-5-6-14-19/h5-7,9H,8H2,1-4H3,(H,13,15,16,17). The lowest BCUT2D eigenvalue weighted by atomic mass is 10.2. The Morgan fingerprint density at radius 3 is 2.68 bits per heavy atom. The third-order valence-electron chi connectivity index (χ3n) is 2.53. The average molecular weight is 261 g/mol. The van der Waals surface area contributed by atoms with Crippen LogP contribution in [-0.4, -0.2) is 45.4 Å². The second kappa shape index (κ2) is 5.64. The van der Waals surface area contributed by atoms with Gasteiger partial charge >= 0.3 is 0 Å². The first-order chi connectivity index (χ1) is 9.10. The summed E-state index contributed by atoms with van der Waals surface area (Å²) in [7, 11) is 3.76. The van der Waals surface area contributed by atoms with Gasteiger partial charge in [-0.2, -0.15) is 20.1 Å². The van der Waals surface area contributed by atoms with Crippen LogP contribution in [0.2, 0.25) is 0 Å². The van der Waals surface area contributed by atoms with Crippen LogP contribution in [0.25, 0.3) is 5.95 Å². The monoisotopic (exact) mass is 261 g/mol. The van der Waals surface area contributed by atoms with Crippen molar-refractivity contribution in [2.75, 3.05) is 30.9 Å². The Morgan fingerprint density at radius 2 is 2.11 bits per heavy atom. The molecule has 0 radical (unpaired) electrons. The molecule has 0 atom stereocenters. The maximum Gasteiger partial charge on any atom is 0.257 e. The lowest BCUT2D eigenvalue weighted by molar-refractivity contribution is 0.627. The minimum Gasteiger partial charge on any atom is -0.357 e. The lowest BCUT2D eigenvalue weighted by Gasteiger charge is -2.19. The molecule has 2 aromatic heterocycles. The summed E-state index contributed by atoms with van der Waals surface area (Å²) in [5.41, 5.74) is 0. The fraction of sp³-hybridized carbons (Fsp3) is 0.500. The van der Waals surface area contributed by atoms with Crippen molar-refractivity contribution in [2.45, 2.75) is 13.8 Å². The Balaban J connectivity index is 2.36. The third-order valence-corrected chi connectivity index (χ3v) is 2.53. The van der Waals surface area contributed by atoms with E-state index in [2.05, 4.69) is 39.2 Å². The van der Waals surface area contributed by atoms with Crippen molar-refractivity contribution in [2.24, 2.45) is 5.92 Å². The Labute approximate surface area is 112 Å². The molecule has 7 nitrogen and oxygen atoms in total. The quantitative estimate of drug-likeness (QED) is 0.871. The molecule has 0 saturated carbocycles. The van der Waals surface area contributed by atoms with Crippen molar-refractivity contribution < 1.29 is 0 Å². The van der Waals surface area contributed by atoms with E-state index in [9.17, 15) is 0 Å². The molecule has 0 fully saturated rings. The molecule has 0 unspecified atom stereocenters. The van der Waals surface area contributed by atoms with Crippen molar-refractivity contribution in [1.82, 2.24) is 24.7 Å². The minimum atomic E-state index is 0.509. The van der Waals surface area contributed by atoms with E-state index in [-0.39, 0.29) is 0 Å². The summed E-state index contributed by atoms with van der Waals surface area (Å²) in [4.78, 5) is 15.1. The zero-order chi connectivity index (χ0) is 13.8. The summed E-state index contributed by atoms with van der Waals surface area (Å²) in [5, 5.41) is 7.09. The number of nitrogens with one attached hydrogen (secondary N) is 1. The van der Waals surface area contributed by atoms with Crippen molar-refractivity contribution in [1.29, 1.82) is 0 Å². The van der Waals surface area contributed by atoms with Crippen LogP contribution in [0.3, 0.4) is 0 Å². The average Bonchev–Trinajstić information content (AvgIpc) is 2.91. The molecule has 1 N–H and O–H groups in total. The third kappa shape index (κ3) is 3.18. The summed E-state index contributed by atoms with van der Waals surface area (Å²) in [6.45, 7) is 5.20. The van der Waals surface area contributed by atoms with Crippen LogP contribution in [0, 0.1) is 5.92 Å². The van der Waals surface area contributed by atoms with Crippen molar-refractivity contribution in [3.05, 3.63) is 18.5 Å². The van der Waals surface area contributed by atoms with Crippen LogP contribution in [-0.2, 0) is 0 Å². The Morgan fingerprint density at radius 1 is 1.32 bits per heavy atom. The van der Waals surface area contributed by atoms with E-state index in [0.29, 0.717) is 23.8 Å². The zero-order valence-electron chi connectivity index (χ0n) is 11.7. The minimum absolute atomic E-state index is 0.509. The van der Waals surface area contributed by atoms with Gasteiger partial charge in [-0.05, 0) is 12.0 Å². The number of anilines is 2. The molecule has 0 aliphatic rings. The zero-order valence-corrected chi connectivity index (χ0v) is 11.7. The normalized spacial score (nSPS) is 10.8. The predicted molar refractivity (Wildman–Crippen MR) is 74.6 cm³/mol. The molecule has 2 heterocycles. The first-order valence-electron chi connectivity index (χ1n) is 6.25. The van der Waals surface area contributed by atoms with Gasteiger partial charge in [0.05, 0.1) is 0 Å². The van der Waals surface area contributed by atoms with Gasteiger partial charge in [0.1, 0.15) is 0 Å². The van der Waals surface area contributed by atoms with Crippen molar-refractivity contribution in [3.8, 4) is 5.95 Å². The van der Waals surface area contributed by atoms with Gasteiger partial charge in [0.15, 0.2) is 0 Å². The van der Waals surface area contributed by atoms with E-state index in [0.717, 1.165) is 6.54 Å². The van der Waals surface area contributed by atoms with Gasteiger partial charge in [-0.15, -0.1) is 0 Å². The summed E-state index contributed by atoms with van der Waals surface area (Å²) >= 11 is 0. The van der Waals surface area contributed by atoms with Crippen LogP contribution in [0.5, 0.6) is 0 Å². The van der Waals surface area contributed by atoms with E-state index < -0.39 is 0 Å². The molecule has 7 heteroatoms. The highest BCUT2D eigenvalue weighted by molar-refractivity contribution is 5.39. The Kier molecular flexibility index (Phi) is 3.94. The number of hydrogen-bond acceptors (Lipinski definition) is 6. The van der Waals surface area contributed by atoms with Gasteiger partial charge < -0.3 is 10.2 Å². The van der Waals surface area contributed by atoms with Gasteiger partial charge in [-0.25, -0.2) is 4.68 Å². The molecule has 0 bridgehead atoms. The van der Waals surface area contributed by atoms with Crippen LogP contribution in [0.15, 0.2) is 18.5 Å². The molecule has 0 aliphatic carbocycles. The maximum atomic E-state index is 4.44. The first kappa shape index (κ1) is 13.3. The van der Waals surface area contributed by atoms with Gasteiger partial charge in [0.25, 0.3) is 5.95 Å². The molecule has 0 aromatic carbocycles. The maximum absolute atomic E-state index is 4.44. The molecule has 0 aliphatic heterocycles. The lowest BCUT2D eigenvalue weighted by Crippen LogP contribution is -2.25. The van der Waals surface area contributed by atoms with E-state index in [1.165, 1.54) is 0 Å². The van der Waals surface area contributed by atoms with E-state index >= 15 is 0 Å². The number of aromatic nitrogens is 5. The molecule has 0 spiro atoms. The van der Waals surface area contributed by atoms with Crippen molar-refractivity contribution >= 4 is 11.9 Å². The molecule has 0 amide bonds. The second-order valence-corrected chi connectivity index (χ2v) is 4.73. The van der Waals surface area contributed by atoms with Gasteiger partial charge in [0.2, 0.25) is 11.9 Å². The molecular formula is C12H19N7. The predicted octanol–water partition coefficient (Wildman–Crippen LogP) is 1.19. The first-order valence-corrected chi connectivity index (χ1v) is 6.25. The van der Waals surface area contributed by atoms with Gasteiger partial charge in [-0.1, -0.05) is 13.8 Å². The fourth-order valence-corrected chi connectivity index (χ4v) is 1.76. The van der Waals surface area contributed by atoms with Crippen LogP contribution in [0.4, 0.5) is 11.9 Å². The SMILES string of the molecule is CNc1nc(N(C)CC(C)C)nc(-n2cccn2)n1. The van der Waals surface area contributed by atoms with Gasteiger partial charge in [0, 0.05) is 33.0 Å². The van der Waals surface area contributed by atoms with Crippen molar-refractivity contribution in [3.63, 3.8) is 0 Å². The number of hydrogen-bond donors (Lipinski definition) is 1. The molecule has 0 saturated heterocycles. The second-order valence-electron chi connectivity index (χ2n) is 4.73. The number of rotatable bonds is 5. The Hall–Kier alpha value is -2.18. The summed E-state index contributed by atoms with van der Waals surface area (Å²) in [6.07, 6.45) is 3.50. The molecule has 2 aromatic rings. The summed E-state index contributed by atoms with van der Waals surface area (Å²) < 4.78 is 1.62. The Bertz CT molecular complexity index is 521. The molecule has 102 valence electrons.